The molecule has 6 rings (SSSR count). The Balaban J connectivity index is 1.12. The van der Waals surface area contributed by atoms with E-state index in [4.69, 9.17) is 30.4 Å². The first-order valence-electron chi connectivity index (χ1n) is 24.6. The van der Waals surface area contributed by atoms with Crippen molar-refractivity contribution in [2.45, 2.75) is 74.9 Å². The van der Waals surface area contributed by atoms with E-state index in [1.807, 2.05) is 0 Å². The number of anilines is 2. The smallest absolute Gasteiger partial charge is 0.453 e. The number of carbonyl (C=O) groups excluding carboxylic acids is 4. The van der Waals surface area contributed by atoms with E-state index in [1.54, 1.807) is 48.5 Å². The highest BCUT2D eigenvalue weighted by Gasteiger charge is 2.57. The largest absolute Gasteiger partial charge is 0.494 e. The Hall–Kier alpha value is -8.50. The normalized spacial score (nSPS) is 13.2. The number of esters is 2. The monoisotopic (exact) mass is 1140 g/mol. The van der Waals surface area contributed by atoms with Gasteiger partial charge in [-0.15, -0.1) is 0 Å². The fourth-order valence-electron chi connectivity index (χ4n) is 7.99. The average Bonchev–Trinajstić information content (AvgIpc) is 3.55. The molecule has 0 saturated carbocycles. The van der Waals surface area contributed by atoms with E-state index in [0.717, 1.165) is 12.2 Å². The lowest BCUT2D eigenvalue weighted by Gasteiger charge is -2.40. The van der Waals surface area contributed by atoms with Crippen molar-refractivity contribution in [1.29, 1.82) is 0 Å². The summed E-state index contributed by atoms with van der Waals surface area (Å²) < 4.78 is 149. The third-order valence-electron chi connectivity index (χ3n) is 12.5. The van der Waals surface area contributed by atoms with Gasteiger partial charge in [0.05, 0.1) is 24.3 Å². The van der Waals surface area contributed by atoms with E-state index >= 15 is 0 Å². The van der Waals surface area contributed by atoms with Gasteiger partial charge in [-0.25, -0.2) is 9.59 Å². The van der Waals surface area contributed by atoms with Crippen LogP contribution in [0.5, 0.6) is 23.0 Å². The number of halogens is 10. The van der Waals surface area contributed by atoms with Crippen LogP contribution in [0.2, 0.25) is 0 Å². The van der Waals surface area contributed by atoms with E-state index in [1.165, 1.54) is 109 Å². The van der Waals surface area contributed by atoms with Crippen LogP contribution >= 0.6 is 0 Å². The zero-order valence-corrected chi connectivity index (χ0v) is 42.6. The minimum atomic E-state index is -5.67. The van der Waals surface area contributed by atoms with Crippen LogP contribution in [0.4, 0.5) is 55.3 Å². The first-order chi connectivity index (χ1) is 38.1. The van der Waals surface area contributed by atoms with Crippen LogP contribution in [0.25, 0.3) is 12.2 Å². The van der Waals surface area contributed by atoms with Crippen LogP contribution in [0.1, 0.15) is 68.7 Å². The maximum absolute atomic E-state index is 14.2. The summed E-state index contributed by atoms with van der Waals surface area (Å²) in [5.41, 5.74) is 12.6. The van der Waals surface area contributed by atoms with Crippen molar-refractivity contribution in [3.05, 3.63) is 191 Å². The van der Waals surface area contributed by atoms with E-state index in [0.29, 0.717) is 33.6 Å². The minimum Gasteiger partial charge on any atom is -0.494 e. The fourth-order valence-corrected chi connectivity index (χ4v) is 7.99. The molecule has 0 aliphatic rings. The van der Waals surface area contributed by atoms with Crippen LogP contribution in [0, 0.1) is 5.41 Å². The summed E-state index contributed by atoms with van der Waals surface area (Å²) in [6.07, 6.45) is -15.2. The van der Waals surface area contributed by atoms with Crippen molar-refractivity contribution >= 4 is 47.0 Å². The summed E-state index contributed by atoms with van der Waals surface area (Å²) >= 11 is 0. The molecule has 0 amide bonds. The number of carbonyl (C=O) groups is 4. The SMILES string of the molecule is Nc1ccc(CC(Cc2ccc(N)cc2)(C(O)C(=O)/C=C/c2ccc(OC(=O)c3ccc(OCCCC(F)(F)C(F)(F)F)cc3)cc2)C(O)C(=O)/C=C/c2ccc(OC(=O)c3ccc(OCCCC(F)(F)C(F)(F)F)cc3)cc2)cc1. The summed E-state index contributed by atoms with van der Waals surface area (Å²) in [5, 5.41) is 24.4. The first kappa shape index (κ1) is 61.7. The molecule has 0 heterocycles. The number of ketones is 2. The highest BCUT2D eigenvalue weighted by molar-refractivity contribution is 6.01. The summed E-state index contributed by atoms with van der Waals surface area (Å²) in [5.74, 6) is -12.8. The Morgan fingerprint density at radius 1 is 0.444 bits per heavy atom. The van der Waals surface area contributed by atoms with Gasteiger partial charge in [0.15, 0.2) is 11.6 Å². The molecule has 12 nitrogen and oxygen atoms in total. The highest BCUT2D eigenvalue weighted by Crippen LogP contribution is 2.41. The number of ether oxygens (including phenoxy) is 4. The van der Waals surface area contributed by atoms with Gasteiger partial charge in [0.1, 0.15) is 35.2 Å². The number of aliphatic hydroxyl groups is 2. The molecule has 6 aromatic carbocycles. The molecule has 0 saturated heterocycles. The Kier molecular flexibility index (Phi) is 20.3. The molecular weight excluding hydrogens is 1090 g/mol. The van der Waals surface area contributed by atoms with Gasteiger partial charge in [-0.1, -0.05) is 60.7 Å². The maximum atomic E-state index is 14.2. The zero-order chi connectivity index (χ0) is 59.2. The van der Waals surface area contributed by atoms with Crippen LogP contribution < -0.4 is 30.4 Å². The molecule has 2 atom stereocenters. The number of rotatable bonds is 26. The molecule has 428 valence electrons. The summed E-state index contributed by atoms with van der Waals surface area (Å²) in [6.45, 7) is -0.873. The molecule has 0 aliphatic carbocycles. The average molecular weight is 1140 g/mol. The van der Waals surface area contributed by atoms with Crippen LogP contribution in [0.15, 0.2) is 158 Å². The topological polar surface area (TPSA) is 198 Å². The summed E-state index contributed by atoms with van der Waals surface area (Å²) in [7, 11) is 0. The second-order valence-electron chi connectivity index (χ2n) is 18.6. The molecule has 0 spiro atoms. The van der Waals surface area contributed by atoms with Gasteiger partial charge in [-0.05, 0) is 157 Å². The Bertz CT molecular complexity index is 2920. The molecule has 0 bridgehead atoms. The Labute approximate surface area is 457 Å². The lowest BCUT2D eigenvalue weighted by molar-refractivity contribution is -0.284. The highest BCUT2D eigenvalue weighted by atomic mass is 19.4. The second-order valence-corrected chi connectivity index (χ2v) is 18.6. The lowest BCUT2D eigenvalue weighted by Crippen LogP contribution is -2.54. The van der Waals surface area contributed by atoms with Crippen molar-refractivity contribution in [3.8, 4) is 23.0 Å². The van der Waals surface area contributed by atoms with Crippen LogP contribution in [-0.2, 0) is 22.4 Å². The van der Waals surface area contributed by atoms with Gasteiger partial charge in [0.25, 0.3) is 0 Å². The molecule has 2 unspecified atom stereocenters. The maximum Gasteiger partial charge on any atom is 0.453 e. The summed E-state index contributed by atoms with van der Waals surface area (Å²) in [6, 6.07) is 34.8. The van der Waals surface area contributed by atoms with Crippen molar-refractivity contribution < 1.29 is 92.2 Å². The lowest BCUT2D eigenvalue weighted by atomic mass is 9.66. The van der Waals surface area contributed by atoms with Crippen LogP contribution in [0.3, 0.4) is 0 Å². The third-order valence-corrected chi connectivity index (χ3v) is 12.5. The van der Waals surface area contributed by atoms with Gasteiger partial charge < -0.3 is 40.6 Å². The number of nitrogens with two attached hydrogens (primary N) is 2. The third kappa shape index (κ3) is 17.2. The summed E-state index contributed by atoms with van der Waals surface area (Å²) in [4.78, 5) is 54.1. The molecule has 6 aromatic rings. The standard InChI is InChI=1S/C59H52F10N2O10/c60-56(61,58(64,65)66)31-1-33-78-45-25-13-41(14-26-45)53(76)80-47-21-7-37(8-22-47)11-29-49(72)51(74)55(35-39-3-17-43(70)18-4-39,36-40-5-19-44(71)20-6-40)52(75)50(73)30-12-38-9-23-48(24-10-38)81-54(77)42-15-27-46(28-16-42)79-34-2-32-57(62,63)59(67,68)69/h3-30,51-52,74-75H,1-2,31-36,70-71H2/b29-11+,30-12+. The predicted octanol–water partition coefficient (Wildman–Crippen LogP) is 12.1. The number of nitrogen functional groups attached to an aromatic ring is 2. The Morgan fingerprint density at radius 2 is 0.753 bits per heavy atom. The molecule has 0 radical (unpaired) electrons. The number of hydrogen-bond acceptors (Lipinski definition) is 12. The number of hydrogen-bond donors (Lipinski definition) is 4. The van der Waals surface area contributed by atoms with Gasteiger partial charge in [0, 0.05) is 29.6 Å². The van der Waals surface area contributed by atoms with Crippen molar-refractivity contribution in [2.75, 3.05) is 24.7 Å². The molecule has 6 N–H and O–H groups in total. The zero-order valence-electron chi connectivity index (χ0n) is 42.6. The molecule has 22 heteroatoms. The van der Waals surface area contributed by atoms with E-state index in [2.05, 4.69) is 0 Å². The van der Waals surface area contributed by atoms with Crippen LogP contribution in [-0.4, -0.2) is 83.3 Å². The first-order valence-corrected chi connectivity index (χ1v) is 24.6. The Morgan fingerprint density at radius 3 is 1.06 bits per heavy atom. The van der Waals surface area contributed by atoms with E-state index in [-0.39, 0.29) is 47.0 Å². The van der Waals surface area contributed by atoms with Crippen molar-refractivity contribution in [3.63, 3.8) is 0 Å². The van der Waals surface area contributed by atoms with E-state index < -0.39 is 104 Å². The molecule has 0 fully saturated rings. The molecule has 0 aliphatic heterocycles. The molecular formula is C59H52F10N2O10. The number of benzene rings is 6. The molecule has 81 heavy (non-hydrogen) atoms. The molecule has 0 aromatic heterocycles. The predicted molar refractivity (Wildman–Crippen MR) is 279 cm³/mol. The van der Waals surface area contributed by atoms with Crippen molar-refractivity contribution in [2.24, 2.45) is 5.41 Å². The van der Waals surface area contributed by atoms with Gasteiger partial charge >= 0.3 is 36.1 Å². The number of alkyl halides is 10. The van der Waals surface area contributed by atoms with Gasteiger partial charge in [0.2, 0.25) is 0 Å². The quantitative estimate of drug-likeness (QED) is 0.0100. The van der Waals surface area contributed by atoms with E-state index in [9.17, 15) is 73.3 Å². The van der Waals surface area contributed by atoms with Gasteiger partial charge in [-0.3, -0.25) is 9.59 Å². The second kappa shape index (κ2) is 26.6. The van der Waals surface area contributed by atoms with Gasteiger partial charge in [-0.2, -0.15) is 43.9 Å². The number of aliphatic hydroxyl groups excluding tert-OH is 2. The fraction of sp³-hybridized carbons (Fsp3) is 0.254. The van der Waals surface area contributed by atoms with Crippen molar-refractivity contribution in [1.82, 2.24) is 0 Å². The minimum absolute atomic E-state index is 0.0481.